The van der Waals surface area contributed by atoms with Gasteiger partial charge in [-0.2, -0.15) is 4.31 Å². The van der Waals surface area contributed by atoms with Crippen LogP contribution in [0, 0.1) is 10.1 Å². The first-order chi connectivity index (χ1) is 10.8. The molecule has 0 aliphatic carbocycles. The van der Waals surface area contributed by atoms with E-state index >= 15 is 0 Å². The molecule has 128 valence electrons. The van der Waals surface area contributed by atoms with Gasteiger partial charge in [0, 0.05) is 30.8 Å². The van der Waals surface area contributed by atoms with Crippen LogP contribution in [0.5, 0.6) is 5.75 Å². The Morgan fingerprint density at radius 2 is 2.13 bits per heavy atom. The monoisotopic (exact) mass is 343 g/mol. The Morgan fingerprint density at radius 3 is 2.70 bits per heavy atom. The molecule has 1 heterocycles. The Bertz CT molecular complexity index is 690. The summed E-state index contributed by atoms with van der Waals surface area (Å²) in [7, 11) is -2.51. The van der Waals surface area contributed by atoms with E-state index in [1.165, 1.54) is 23.5 Å². The van der Waals surface area contributed by atoms with Crippen molar-refractivity contribution in [3.63, 3.8) is 0 Å². The van der Waals surface area contributed by atoms with Crippen LogP contribution in [0.2, 0.25) is 0 Å². The number of methoxy groups -OCH3 is 1. The highest BCUT2D eigenvalue weighted by Crippen LogP contribution is 2.32. The summed E-state index contributed by atoms with van der Waals surface area (Å²) >= 11 is 0. The number of nitrogens with zero attached hydrogens (tertiary/aromatic N) is 2. The summed E-state index contributed by atoms with van der Waals surface area (Å²) in [5, 5.41) is 10.9. The van der Waals surface area contributed by atoms with E-state index in [4.69, 9.17) is 10.5 Å². The van der Waals surface area contributed by atoms with Crippen molar-refractivity contribution in [2.24, 2.45) is 5.73 Å². The van der Waals surface area contributed by atoms with Crippen molar-refractivity contribution in [3.8, 4) is 5.75 Å². The molecule has 2 rings (SSSR count). The average Bonchev–Trinajstić information content (AvgIpc) is 2.53. The van der Waals surface area contributed by atoms with Crippen LogP contribution in [0.25, 0.3) is 0 Å². The van der Waals surface area contributed by atoms with Crippen LogP contribution in [0.3, 0.4) is 0 Å². The first-order valence-electron chi connectivity index (χ1n) is 7.39. The fraction of sp³-hybridized carbons (Fsp3) is 0.571. The average molecular weight is 343 g/mol. The van der Waals surface area contributed by atoms with Crippen LogP contribution in [0.1, 0.15) is 26.2 Å². The smallest absolute Gasteiger partial charge is 0.310 e. The summed E-state index contributed by atoms with van der Waals surface area (Å²) in [6, 6.07) is 3.03. The zero-order valence-corrected chi connectivity index (χ0v) is 14.0. The van der Waals surface area contributed by atoms with Crippen LogP contribution in [0.15, 0.2) is 23.1 Å². The summed E-state index contributed by atoms with van der Waals surface area (Å²) in [5.74, 6) is -0.0783. The second kappa shape index (κ2) is 6.81. The molecule has 0 amide bonds. The van der Waals surface area contributed by atoms with Crippen LogP contribution < -0.4 is 10.5 Å². The minimum atomic E-state index is -3.78. The van der Waals surface area contributed by atoms with Crippen molar-refractivity contribution in [1.82, 2.24) is 4.31 Å². The molecule has 0 saturated carbocycles. The van der Waals surface area contributed by atoms with Crippen molar-refractivity contribution in [3.05, 3.63) is 28.3 Å². The lowest BCUT2D eigenvalue weighted by Crippen LogP contribution is -2.51. The van der Waals surface area contributed by atoms with Crippen molar-refractivity contribution >= 4 is 15.7 Å². The Hall–Kier alpha value is -1.71. The number of ether oxygens (including phenoxy) is 1. The van der Waals surface area contributed by atoms with Crippen LogP contribution in [-0.4, -0.2) is 43.4 Å². The molecule has 8 nitrogen and oxygen atoms in total. The van der Waals surface area contributed by atoms with Gasteiger partial charge in [0.05, 0.1) is 16.9 Å². The van der Waals surface area contributed by atoms with Gasteiger partial charge in [0.25, 0.3) is 0 Å². The van der Waals surface area contributed by atoms with E-state index < -0.39 is 14.9 Å². The summed E-state index contributed by atoms with van der Waals surface area (Å²) in [6.45, 7) is 2.18. The first-order valence-corrected chi connectivity index (χ1v) is 8.83. The predicted molar refractivity (Wildman–Crippen MR) is 84.8 cm³/mol. The molecular formula is C14H21N3O5S. The molecule has 1 aliphatic rings. The first kappa shape index (κ1) is 17.6. The second-order valence-electron chi connectivity index (χ2n) is 5.63. The molecule has 2 atom stereocenters. The van der Waals surface area contributed by atoms with E-state index in [0.29, 0.717) is 13.0 Å². The second-order valence-corrected chi connectivity index (χ2v) is 7.52. The van der Waals surface area contributed by atoms with Gasteiger partial charge < -0.3 is 10.5 Å². The largest absolute Gasteiger partial charge is 0.490 e. The lowest BCUT2D eigenvalue weighted by molar-refractivity contribution is -0.385. The van der Waals surface area contributed by atoms with Gasteiger partial charge in [-0.1, -0.05) is 6.42 Å². The zero-order chi connectivity index (χ0) is 17.2. The topological polar surface area (TPSA) is 116 Å². The normalized spacial score (nSPS) is 20.9. The van der Waals surface area contributed by atoms with E-state index in [1.807, 2.05) is 0 Å². The number of rotatable bonds is 5. The highest BCUT2D eigenvalue weighted by atomic mass is 32.2. The fourth-order valence-corrected chi connectivity index (χ4v) is 4.65. The number of piperidine rings is 1. The molecule has 0 spiro atoms. The molecule has 1 aliphatic heterocycles. The summed E-state index contributed by atoms with van der Waals surface area (Å²) < 4.78 is 32.2. The molecule has 1 saturated heterocycles. The van der Waals surface area contributed by atoms with Crippen LogP contribution in [0.4, 0.5) is 5.69 Å². The minimum absolute atomic E-state index is 0.0208. The lowest BCUT2D eigenvalue weighted by atomic mass is 10.00. The van der Waals surface area contributed by atoms with Gasteiger partial charge in [0.2, 0.25) is 10.0 Å². The van der Waals surface area contributed by atoms with Crippen molar-refractivity contribution in [2.75, 3.05) is 13.7 Å². The van der Waals surface area contributed by atoms with Crippen LogP contribution >= 0.6 is 0 Å². The van der Waals surface area contributed by atoms with Gasteiger partial charge >= 0.3 is 5.69 Å². The van der Waals surface area contributed by atoms with Crippen molar-refractivity contribution in [1.29, 1.82) is 0 Å². The maximum atomic E-state index is 12.9. The van der Waals surface area contributed by atoms with Crippen LogP contribution in [-0.2, 0) is 10.0 Å². The van der Waals surface area contributed by atoms with E-state index in [9.17, 15) is 18.5 Å². The number of benzene rings is 1. The molecule has 0 bridgehead atoms. The number of nitrogens with two attached hydrogens (primary N) is 1. The Kier molecular flexibility index (Phi) is 5.23. The number of nitro benzene ring substituents is 1. The zero-order valence-electron chi connectivity index (χ0n) is 13.1. The van der Waals surface area contributed by atoms with Gasteiger partial charge in [0.1, 0.15) is 0 Å². The molecule has 9 heteroatoms. The Morgan fingerprint density at radius 1 is 1.43 bits per heavy atom. The maximum Gasteiger partial charge on any atom is 0.310 e. The molecule has 23 heavy (non-hydrogen) atoms. The third kappa shape index (κ3) is 3.46. The minimum Gasteiger partial charge on any atom is -0.490 e. The number of nitro groups is 1. The predicted octanol–water partition coefficient (Wildman–Crippen LogP) is 1.49. The maximum absolute atomic E-state index is 12.9. The standard InChI is InChI=1S/C14H21N3O5S/c1-10(15)12-5-3-4-8-16(12)23(20,21)11-6-7-13(17(18)19)14(9-11)22-2/h6-7,9-10,12H,3-5,8,15H2,1-2H3. The van der Waals surface area contributed by atoms with Gasteiger partial charge in [-0.05, 0) is 25.8 Å². The van der Waals surface area contributed by atoms with E-state index in [0.717, 1.165) is 18.9 Å². The molecule has 2 N–H and O–H groups in total. The van der Waals surface area contributed by atoms with Gasteiger partial charge in [-0.15, -0.1) is 0 Å². The highest BCUT2D eigenvalue weighted by Gasteiger charge is 2.36. The Labute approximate surface area is 135 Å². The van der Waals surface area contributed by atoms with Gasteiger partial charge in [0.15, 0.2) is 5.75 Å². The SMILES string of the molecule is COc1cc(S(=O)(=O)N2CCCCC2C(C)N)ccc1[N+](=O)[O-]. The molecule has 0 radical (unpaired) electrons. The quantitative estimate of drug-likeness (QED) is 0.639. The van der Waals surface area contributed by atoms with E-state index in [1.54, 1.807) is 6.92 Å². The van der Waals surface area contributed by atoms with E-state index in [-0.39, 0.29) is 28.4 Å². The van der Waals surface area contributed by atoms with Gasteiger partial charge in [-0.3, -0.25) is 10.1 Å². The van der Waals surface area contributed by atoms with Crippen molar-refractivity contribution in [2.45, 2.75) is 43.2 Å². The molecular weight excluding hydrogens is 322 g/mol. The summed E-state index contributed by atoms with van der Waals surface area (Å²) in [5.41, 5.74) is 5.66. The van der Waals surface area contributed by atoms with Crippen molar-refractivity contribution < 1.29 is 18.1 Å². The third-order valence-corrected chi connectivity index (χ3v) is 5.98. The molecule has 1 aromatic rings. The molecule has 0 aromatic heterocycles. The summed E-state index contributed by atoms with van der Waals surface area (Å²) in [4.78, 5) is 10.3. The summed E-state index contributed by atoms with van der Waals surface area (Å²) in [6.07, 6.45) is 2.41. The Balaban J connectivity index is 2.44. The lowest BCUT2D eigenvalue weighted by Gasteiger charge is -2.36. The fourth-order valence-electron chi connectivity index (χ4n) is 2.86. The number of hydrogen-bond acceptors (Lipinski definition) is 6. The third-order valence-electron chi connectivity index (χ3n) is 4.06. The molecule has 1 fully saturated rings. The number of sulfonamides is 1. The molecule has 1 aromatic carbocycles. The van der Waals surface area contributed by atoms with E-state index in [2.05, 4.69) is 0 Å². The van der Waals surface area contributed by atoms with Gasteiger partial charge in [-0.25, -0.2) is 8.42 Å². The number of hydrogen-bond donors (Lipinski definition) is 1. The molecule has 2 unspecified atom stereocenters. The highest BCUT2D eigenvalue weighted by molar-refractivity contribution is 7.89.